The van der Waals surface area contributed by atoms with Crippen LogP contribution in [0.3, 0.4) is 0 Å². The topological polar surface area (TPSA) is 104 Å². The number of carbonyl (C=O) groups is 1. The zero-order valence-electron chi connectivity index (χ0n) is 24.3. The molecule has 1 aromatic carbocycles. The number of aryl methyl sites for hydroxylation is 1. The van der Waals surface area contributed by atoms with Gasteiger partial charge >= 0.3 is 5.69 Å². The molecule has 9 nitrogen and oxygen atoms in total. The van der Waals surface area contributed by atoms with Crippen molar-refractivity contribution in [3.8, 4) is 22.7 Å². The maximum atomic E-state index is 15.8. The van der Waals surface area contributed by atoms with Gasteiger partial charge in [0.1, 0.15) is 23.1 Å². The van der Waals surface area contributed by atoms with E-state index in [4.69, 9.17) is 0 Å². The Kier molecular flexibility index (Phi) is 7.19. The molecule has 222 valence electrons. The van der Waals surface area contributed by atoms with E-state index < -0.39 is 34.3 Å². The van der Waals surface area contributed by atoms with Crippen LogP contribution in [-0.2, 0) is 4.79 Å². The Hall–Kier alpha value is -4.67. The van der Waals surface area contributed by atoms with Crippen molar-refractivity contribution in [2.45, 2.75) is 52.0 Å². The highest BCUT2D eigenvalue weighted by Gasteiger charge is 2.34. The first-order valence-electron chi connectivity index (χ1n) is 14.4. The van der Waals surface area contributed by atoms with E-state index in [0.29, 0.717) is 55.9 Å². The Labute approximate surface area is 247 Å². The van der Waals surface area contributed by atoms with E-state index in [2.05, 4.69) is 21.5 Å². The highest BCUT2D eigenvalue weighted by Crippen LogP contribution is 2.37. The molecule has 0 radical (unpaired) electrons. The fourth-order valence-electron chi connectivity index (χ4n) is 6.16. The van der Waals surface area contributed by atoms with E-state index in [-0.39, 0.29) is 34.7 Å². The molecule has 1 N–H and O–H groups in total. The maximum absolute atomic E-state index is 15.8. The number of pyridine rings is 2. The number of carbonyl (C=O) groups excluding carboxylic acids is 1. The van der Waals surface area contributed by atoms with Gasteiger partial charge < -0.3 is 14.9 Å². The third-order valence-corrected chi connectivity index (χ3v) is 8.38. The molecule has 2 saturated heterocycles. The van der Waals surface area contributed by atoms with Crippen LogP contribution in [0.4, 0.5) is 14.6 Å². The summed E-state index contributed by atoms with van der Waals surface area (Å²) in [5.74, 6) is -2.03. The minimum atomic E-state index is -0.871. The largest absolute Gasteiger partial charge is 0.507 e. The highest BCUT2D eigenvalue weighted by atomic mass is 19.1. The van der Waals surface area contributed by atoms with Gasteiger partial charge in [-0.2, -0.15) is 4.98 Å². The molecule has 2 aliphatic heterocycles. The van der Waals surface area contributed by atoms with E-state index in [1.807, 2.05) is 30.6 Å². The molecule has 4 aromatic rings. The lowest BCUT2D eigenvalue weighted by Gasteiger charge is -2.37. The van der Waals surface area contributed by atoms with Crippen molar-refractivity contribution in [3.05, 3.63) is 82.1 Å². The van der Waals surface area contributed by atoms with E-state index in [1.165, 1.54) is 22.8 Å². The van der Waals surface area contributed by atoms with Crippen molar-refractivity contribution >= 4 is 22.8 Å². The fraction of sp³-hybridized carbons (Fsp3) is 0.344. The van der Waals surface area contributed by atoms with Crippen molar-refractivity contribution in [2.75, 3.05) is 24.5 Å². The second kappa shape index (κ2) is 10.9. The molecule has 0 unspecified atom stereocenters. The number of phenols is 1. The average molecular weight is 587 g/mol. The van der Waals surface area contributed by atoms with Crippen LogP contribution in [0.2, 0.25) is 0 Å². The van der Waals surface area contributed by atoms with Crippen molar-refractivity contribution in [3.63, 3.8) is 0 Å². The molecule has 1 amide bonds. The average Bonchev–Trinajstić information content (AvgIpc) is 3.31. The predicted molar refractivity (Wildman–Crippen MR) is 159 cm³/mol. The lowest BCUT2D eigenvalue weighted by molar-refractivity contribution is -0.127. The van der Waals surface area contributed by atoms with Gasteiger partial charge in [0, 0.05) is 37.4 Å². The Balaban J connectivity index is 1.54. The molecule has 3 aromatic heterocycles. The smallest absolute Gasteiger partial charge is 0.355 e. The van der Waals surface area contributed by atoms with E-state index >= 15 is 4.39 Å². The highest BCUT2D eigenvalue weighted by molar-refractivity contribution is 5.95. The molecule has 0 atom stereocenters. The number of hydrogen-bond acceptors (Lipinski definition) is 7. The third kappa shape index (κ3) is 4.82. The third-order valence-electron chi connectivity index (χ3n) is 8.38. The molecular weight excluding hydrogens is 554 g/mol. The number of halogens is 2. The Morgan fingerprint density at radius 1 is 1.05 bits per heavy atom. The normalized spacial score (nSPS) is 16.2. The molecule has 43 heavy (non-hydrogen) atoms. The number of aromatic nitrogens is 4. The van der Waals surface area contributed by atoms with Gasteiger partial charge in [-0.1, -0.05) is 26.5 Å². The number of phenolic OH excluding ortho intramolecular Hbond substituents is 1. The van der Waals surface area contributed by atoms with Gasteiger partial charge in [0.15, 0.2) is 11.5 Å². The van der Waals surface area contributed by atoms with Crippen molar-refractivity contribution in [1.29, 1.82) is 0 Å². The van der Waals surface area contributed by atoms with Gasteiger partial charge in [0.2, 0.25) is 5.91 Å². The number of rotatable bonds is 5. The Morgan fingerprint density at radius 2 is 1.79 bits per heavy atom. The molecule has 6 rings (SSSR count). The fourth-order valence-corrected chi connectivity index (χ4v) is 6.16. The molecule has 2 fully saturated rings. The molecule has 11 heteroatoms. The summed E-state index contributed by atoms with van der Waals surface area (Å²) >= 11 is 0. The van der Waals surface area contributed by atoms with Gasteiger partial charge in [0.05, 0.1) is 22.3 Å². The van der Waals surface area contributed by atoms with Gasteiger partial charge in [-0.3, -0.25) is 9.78 Å². The van der Waals surface area contributed by atoms with E-state index in [1.54, 1.807) is 12.3 Å². The lowest BCUT2D eigenvalue weighted by atomic mass is 10.0. The Bertz CT molecular complexity index is 1830. The summed E-state index contributed by atoms with van der Waals surface area (Å²) in [5, 5.41) is 10.7. The second-order valence-corrected chi connectivity index (χ2v) is 11.5. The van der Waals surface area contributed by atoms with Crippen LogP contribution in [-0.4, -0.2) is 61.1 Å². The van der Waals surface area contributed by atoms with Gasteiger partial charge in [-0.15, -0.1) is 0 Å². The van der Waals surface area contributed by atoms with Gasteiger partial charge in [-0.05, 0) is 61.9 Å². The number of benzene rings is 1. The Morgan fingerprint density at radius 3 is 2.44 bits per heavy atom. The van der Waals surface area contributed by atoms with Crippen molar-refractivity contribution < 1.29 is 18.7 Å². The first kappa shape index (κ1) is 28.4. The lowest BCUT2D eigenvalue weighted by Crippen LogP contribution is -2.46. The quantitative estimate of drug-likeness (QED) is 0.328. The summed E-state index contributed by atoms with van der Waals surface area (Å²) in [6, 6.07) is 6.67. The number of aromatic hydroxyl groups is 1. The van der Waals surface area contributed by atoms with Gasteiger partial charge in [-0.25, -0.2) is 23.1 Å². The van der Waals surface area contributed by atoms with Crippen LogP contribution >= 0.6 is 0 Å². The second-order valence-electron chi connectivity index (χ2n) is 11.5. The standard InChI is InChI=1S/C32H32F2N6O3/c1-17(2)26-28(18(3)8-12-35-26)40-30-21(16-23(34)27(36-30)25-22(33)6-5-7-24(25)41)29(37-32(40)43)38-13-10-20(11-14-38)39-15-9-19(4)31(39)42/h5-8,12,16-17,20,41H,4,9-11,13-15H2,1-3H3. The molecule has 0 saturated carbocycles. The van der Waals surface area contributed by atoms with E-state index in [0.717, 1.165) is 11.6 Å². The van der Waals surface area contributed by atoms with Crippen LogP contribution in [0.5, 0.6) is 5.75 Å². The molecule has 0 spiro atoms. The van der Waals surface area contributed by atoms with Crippen LogP contribution in [0.15, 0.2) is 53.5 Å². The van der Waals surface area contributed by atoms with Gasteiger partial charge in [0.25, 0.3) is 0 Å². The van der Waals surface area contributed by atoms with Crippen LogP contribution in [0.25, 0.3) is 28.0 Å². The molecule has 0 aliphatic carbocycles. The number of likely N-dealkylation sites (tertiary alicyclic amines) is 1. The summed E-state index contributed by atoms with van der Waals surface area (Å²) in [4.78, 5) is 43.7. The number of hydrogen-bond donors (Lipinski definition) is 1. The minimum absolute atomic E-state index is 0.0207. The first-order valence-corrected chi connectivity index (χ1v) is 14.4. The van der Waals surface area contributed by atoms with E-state index in [9.17, 15) is 19.1 Å². The summed E-state index contributed by atoms with van der Waals surface area (Å²) in [5.41, 5.74) is 1.05. The molecule has 0 bridgehead atoms. The summed E-state index contributed by atoms with van der Waals surface area (Å²) in [6.07, 6.45) is 3.59. The number of piperidine rings is 1. The van der Waals surface area contributed by atoms with Crippen LogP contribution in [0, 0.1) is 18.6 Å². The summed E-state index contributed by atoms with van der Waals surface area (Å²) in [7, 11) is 0. The predicted octanol–water partition coefficient (Wildman–Crippen LogP) is 5.02. The maximum Gasteiger partial charge on any atom is 0.355 e. The zero-order chi connectivity index (χ0) is 30.6. The molecular formula is C32H32F2N6O3. The van der Waals surface area contributed by atoms with Crippen LogP contribution in [0.1, 0.15) is 50.3 Å². The number of amides is 1. The zero-order valence-corrected chi connectivity index (χ0v) is 24.3. The van der Waals surface area contributed by atoms with Crippen LogP contribution < -0.4 is 10.6 Å². The number of fused-ring (bicyclic) bond motifs is 1. The number of nitrogens with zero attached hydrogens (tertiary/aromatic N) is 6. The summed E-state index contributed by atoms with van der Waals surface area (Å²) < 4.78 is 32.1. The monoisotopic (exact) mass is 586 g/mol. The first-order chi connectivity index (χ1) is 20.6. The molecule has 2 aliphatic rings. The van der Waals surface area contributed by atoms with Crippen molar-refractivity contribution in [1.82, 2.24) is 24.4 Å². The SMILES string of the molecule is C=C1CCN(C2CCN(c3nc(=O)n(-c4c(C)ccnc4C(C)C)c4nc(-c5c(O)cccc5F)c(F)cc34)CC2)C1=O. The number of anilines is 1. The minimum Gasteiger partial charge on any atom is -0.507 e. The van der Waals surface area contributed by atoms with Crippen molar-refractivity contribution in [2.24, 2.45) is 0 Å². The molecule has 5 heterocycles. The summed E-state index contributed by atoms with van der Waals surface area (Å²) in [6.45, 7) is 11.2.